The van der Waals surface area contributed by atoms with E-state index in [-0.39, 0.29) is 12.6 Å². The zero-order chi connectivity index (χ0) is 11.9. The number of nitrogens with one attached hydrogen (secondary N) is 1. The van der Waals surface area contributed by atoms with Crippen LogP contribution in [0.15, 0.2) is 0 Å². The summed E-state index contributed by atoms with van der Waals surface area (Å²) < 4.78 is 35.5. The van der Waals surface area contributed by atoms with E-state index >= 15 is 0 Å². The topological polar surface area (TPSA) is 55.1 Å². The molecule has 0 saturated heterocycles. The van der Waals surface area contributed by atoms with Crippen LogP contribution in [0.3, 0.4) is 0 Å². The van der Waals surface area contributed by atoms with Gasteiger partial charge in [0.25, 0.3) is 0 Å². The maximum atomic E-state index is 11.8. The summed E-state index contributed by atoms with van der Waals surface area (Å²) in [6.45, 7) is 2.13. The summed E-state index contributed by atoms with van der Waals surface area (Å²) in [5.74, 6) is -1.01. The highest BCUT2D eigenvalue weighted by Gasteiger charge is 2.31. The van der Waals surface area contributed by atoms with Crippen molar-refractivity contribution in [2.45, 2.75) is 44.8 Å². The number of carbonyl (C=O) groups is 1. The molecular formula is C9H17F3N2O. The molecule has 0 rings (SSSR count). The predicted octanol–water partition coefficient (Wildman–Crippen LogP) is 1.57. The second kappa shape index (κ2) is 6.66. The van der Waals surface area contributed by atoms with E-state index in [1.165, 1.54) is 0 Å². The Balaban J connectivity index is 3.91. The van der Waals surface area contributed by atoms with E-state index in [1.54, 1.807) is 0 Å². The first-order valence-corrected chi connectivity index (χ1v) is 4.95. The summed E-state index contributed by atoms with van der Waals surface area (Å²) in [6.07, 6.45) is -3.50. The van der Waals surface area contributed by atoms with Crippen molar-refractivity contribution in [1.29, 1.82) is 0 Å². The Morgan fingerprint density at radius 1 is 1.47 bits per heavy atom. The van der Waals surface area contributed by atoms with Gasteiger partial charge in [0.05, 0.1) is 0 Å². The molecule has 0 radical (unpaired) electrons. The molecule has 6 heteroatoms. The van der Waals surface area contributed by atoms with E-state index in [0.29, 0.717) is 6.42 Å². The number of rotatable bonds is 6. The van der Waals surface area contributed by atoms with Gasteiger partial charge in [0.1, 0.15) is 6.42 Å². The second-order valence-corrected chi connectivity index (χ2v) is 3.43. The molecule has 1 amide bonds. The summed E-state index contributed by atoms with van der Waals surface area (Å²) in [6, 6.07) is -0.347. The molecule has 0 aliphatic rings. The van der Waals surface area contributed by atoms with Crippen molar-refractivity contribution >= 4 is 5.91 Å². The quantitative estimate of drug-likeness (QED) is 0.722. The van der Waals surface area contributed by atoms with Crippen LogP contribution in [0.4, 0.5) is 13.2 Å². The third-order valence-electron chi connectivity index (χ3n) is 1.92. The highest BCUT2D eigenvalue weighted by Crippen LogP contribution is 2.19. The lowest BCUT2D eigenvalue weighted by atomic mass is 10.1. The Morgan fingerprint density at radius 3 is 2.47 bits per heavy atom. The molecule has 0 aliphatic carbocycles. The van der Waals surface area contributed by atoms with E-state index < -0.39 is 18.5 Å². The number of alkyl halides is 3. The fourth-order valence-corrected chi connectivity index (χ4v) is 1.16. The van der Waals surface area contributed by atoms with Crippen LogP contribution in [0.5, 0.6) is 0 Å². The first-order chi connectivity index (χ1) is 6.89. The molecule has 0 aromatic rings. The van der Waals surface area contributed by atoms with E-state index in [1.807, 2.05) is 6.92 Å². The number of amides is 1. The third kappa shape index (κ3) is 8.23. The Hall–Kier alpha value is -0.780. The number of halogens is 3. The number of nitrogens with two attached hydrogens (primary N) is 1. The van der Waals surface area contributed by atoms with Gasteiger partial charge in [-0.15, -0.1) is 0 Å². The van der Waals surface area contributed by atoms with Crippen LogP contribution in [-0.4, -0.2) is 24.7 Å². The molecule has 0 bridgehead atoms. The van der Waals surface area contributed by atoms with Gasteiger partial charge < -0.3 is 11.1 Å². The molecule has 0 saturated carbocycles. The molecule has 3 N–H and O–H groups in total. The van der Waals surface area contributed by atoms with Gasteiger partial charge >= 0.3 is 6.18 Å². The first kappa shape index (κ1) is 14.2. The molecule has 0 aromatic heterocycles. The lowest BCUT2D eigenvalue weighted by Crippen LogP contribution is -2.41. The largest absolute Gasteiger partial charge is 0.397 e. The van der Waals surface area contributed by atoms with Gasteiger partial charge in [0, 0.05) is 12.6 Å². The molecule has 15 heavy (non-hydrogen) atoms. The smallest absolute Gasteiger partial charge is 0.352 e. The molecule has 3 nitrogen and oxygen atoms in total. The Morgan fingerprint density at radius 2 is 2.07 bits per heavy atom. The van der Waals surface area contributed by atoms with Crippen LogP contribution < -0.4 is 11.1 Å². The Labute approximate surface area is 87.2 Å². The maximum Gasteiger partial charge on any atom is 0.397 e. The van der Waals surface area contributed by atoms with Crippen molar-refractivity contribution < 1.29 is 18.0 Å². The predicted molar refractivity (Wildman–Crippen MR) is 51.2 cm³/mol. The molecule has 90 valence electrons. The molecule has 0 fully saturated rings. The Kier molecular flexibility index (Phi) is 6.31. The van der Waals surface area contributed by atoms with Crippen LogP contribution in [0.2, 0.25) is 0 Å². The van der Waals surface area contributed by atoms with Crippen LogP contribution in [0, 0.1) is 0 Å². The van der Waals surface area contributed by atoms with Crippen molar-refractivity contribution in [2.24, 2.45) is 5.73 Å². The number of hydrogen-bond acceptors (Lipinski definition) is 2. The molecule has 1 unspecified atom stereocenters. The molecule has 0 aromatic carbocycles. The van der Waals surface area contributed by atoms with Gasteiger partial charge in [-0.1, -0.05) is 19.8 Å². The average Bonchev–Trinajstić information content (AvgIpc) is 2.09. The number of hydrogen-bond donors (Lipinski definition) is 2. The number of carbonyl (C=O) groups excluding carboxylic acids is 1. The van der Waals surface area contributed by atoms with Gasteiger partial charge in [0.2, 0.25) is 5.91 Å². The normalized spacial score (nSPS) is 13.7. The second-order valence-electron chi connectivity index (χ2n) is 3.43. The lowest BCUT2D eigenvalue weighted by Gasteiger charge is -2.16. The van der Waals surface area contributed by atoms with Crippen molar-refractivity contribution in [3.63, 3.8) is 0 Å². The van der Waals surface area contributed by atoms with Gasteiger partial charge in [-0.3, -0.25) is 4.79 Å². The highest BCUT2D eigenvalue weighted by atomic mass is 19.4. The van der Waals surface area contributed by atoms with Gasteiger partial charge in [-0.2, -0.15) is 13.2 Å². The fraction of sp³-hybridized carbons (Fsp3) is 0.889. The maximum absolute atomic E-state index is 11.8. The third-order valence-corrected chi connectivity index (χ3v) is 1.92. The highest BCUT2D eigenvalue weighted by molar-refractivity contribution is 5.76. The van der Waals surface area contributed by atoms with E-state index in [0.717, 1.165) is 12.8 Å². The first-order valence-electron chi connectivity index (χ1n) is 4.95. The average molecular weight is 226 g/mol. The summed E-state index contributed by atoms with van der Waals surface area (Å²) >= 11 is 0. The van der Waals surface area contributed by atoms with Crippen LogP contribution in [-0.2, 0) is 4.79 Å². The minimum atomic E-state index is -4.45. The van der Waals surface area contributed by atoms with Crippen molar-refractivity contribution in [2.75, 3.05) is 6.54 Å². The molecular weight excluding hydrogens is 209 g/mol. The van der Waals surface area contributed by atoms with E-state index in [4.69, 9.17) is 5.73 Å². The minimum absolute atomic E-state index is 0.170. The zero-order valence-electron chi connectivity index (χ0n) is 8.73. The van der Waals surface area contributed by atoms with Crippen LogP contribution >= 0.6 is 0 Å². The molecule has 0 spiro atoms. The van der Waals surface area contributed by atoms with Gasteiger partial charge in [-0.25, -0.2) is 0 Å². The minimum Gasteiger partial charge on any atom is -0.352 e. The summed E-state index contributed by atoms with van der Waals surface area (Å²) in [7, 11) is 0. The number of unbranched alkanes of at least 4 members (excludes halogenated alkanes) is 1. The Bertz CT molecular complexity index is 194. The van der Waals surface area contributed by atoms with Gasteiger partial charge in [-0.05, 0) is 6.42 Å². The molecule has 1 atom stereocenters. The van der Waals surface area contributed by atoms with Crippen molar-refractivity contribution in [3.05, 3.63) is 0 Å². The standard InChI is InChI=1S/C9H17F3N2O/c1-2-3-4-7(6-13)14-8(15)5-9(10,11)12/h7H,2-6,13H2,1H3,(H,14,15). The van der Waals surface area contributed by atoms with Crippen LogP contribution in [0.1, 0.15) is 32.6 Å². The van der Waals surface area contributed by atoms with Crippen LogP contribution in [0.25, 0.3) is 0 Å². The molecule has 0 heterocycles. The zero-order valence-corrected chi connectivity index (χ0v) is 8.73. The van der Waals surface area contributed by atoms with E-state index in [2.05, 4.69) is 5.32 Å². The van der Waals surface area contributed by atoms with Gasteiger partial charge in [0.15, 0.2) is 0 Å². The van der Waals surface area contributed by atoms with Crippen molar-refractivity contribution in [1.82, 2.24) is 5.32 Å². The van der Waals surface area contributed by atoms with E-state index in [9.17, 15) is 18.0 Å². The molecule has 0 aliphatic heterocycles. The fourth-order valence-electron chi connectivity index (χ4n) is 1.16. The lowest BCUT2D eigenvalue weighted by molar-refractivity contribution is -0.154. The monoisotopic (exact) mass is 226 g/mol. The SMILES string of the molecule is CCCCC(CN)NC(=O)CC(F)(F)F. The summed E-state index contributed by atoms with van der Waals surface area (Å²) in [4.78, 5) is 10.9. The van der Waals surface area contributed by atoms with Crippen molar-refractivity contribution in [3.8, 4) is 0 Å². The summed E-state index contributed by atoms with van der Waals surface area (Å²) in [5.41, 5.74) is 5.33. The summed E-state index contributed by atoms with van der Waals surface area (Å²) in [5, 5.41) is 2.27.